The van der Waals surface area contributed by atoms with Gasteiger partial charge in [0, 0.05) is 13.0 Å². The van der Waals surface area contributed by atoms with Crippen LogP contribution in [0.3, 0.4) is 0 Å². The molecule has 1 fully saturated rings. The summed E-state index contributed by atoms with van der Waals surface area (Å²) < 4.78 is 10.9. The van der Waals surface area contributed by atoms with Gasteiger partial charge in [0.15, 0.2) is 0 Å². The molecule has 1 heterocycles. The first kappa shape index (κ1) is 27.8. The molecule has 8 heteroatoms. The minimum Gasteiger partial charge on any atom is -0.465 e. The van der Waals surface area contributed by atoms with Crippen molar-refractivity contribution in [3.63, 3.8) is 0 Å². The molecule has 1 saturated heterocycles. The number of esters is 1. The van der Waals surface area contributed by atoms with Crippen molar-refractivity contribution in [2.24, 2.45) is 11.1 Å². The van der Waals surface area contributed by atoms with E-state index in [4.69, 9.17) is 15.2 Å². The van der Waals surface area contributed by atoms with Gasteiger partial charge in [-0.1, -0.05) is 57.2 Å². The standard InChI is InChI=1S/C30H39N3O5/c1-30(2,3)26(31)28(35)33-17-22(38-18-19-12-14-21(15-13-19)29(36)37-4)16-25(33)27(34)32-24-11-7-9-20-8-5-6-10-23(20)24/h5-6,8,10,12-15,22,24-26H,7,9,11,16-18,31H2,1-4H3,(H,32,34)/t22?,24-,25+,26?/m1/s1. The van der Waals surface area contributed by atoms with E-state index in [9.17, 15) is 14.4 Å². The third-order valence-electron chi connectivity index (χ3n) is 7.59. The Morgan fingerprint density at radius 1 is 1.11 bits per heavy atom. The Kier molecular flexibility index (Phi) is 8.53. The lowest BCUT2D eigenvalue weighted by atomic mass is 9.86. The molecule has 0 radical (unpaired) electrons. The van der Waals surface area contributed by atoms with Gasteiger partial charge in [0.1, 0.15) is 6.04 Å². The van der Waals surface area contributed by atoms with Gasteiger partial charge >= 0.3 is 5.97 Å². The average molecular weight is 522 g/mol. The fraction of sp³-hybridized carbons (Fsp3) is 0.500. The number of rotatable bonds is 7. The maximum absolute atomic E-state index is 13.6. The van der Waals surface area contributed by atoms with Gasteiger partial charge < -0.3 is 25.4 Å². The smallest absolute Gasteiger partial charge is 0.337 e. The molecule has 2 aromatic carbocycles. The second-order valence-corrected chi connectivity index (χ2v) is 11.4. The zero-order valence-electron chi connectivity index (χ0n) is 22.7. The minimum absolute atomic E-state index is 0.0750. The van der Waals surface area contributed by atoms with Crippen LogP contribution in [0.4, 0.5) is 0 Å². The predicted octanol–water partition coefficient (Wildman–Crippen LogP) is 3.53. The molecule has 204 valence electrons. The fourth-order valence-corrected chi connectivity index (χ4v) is 5.20. The number of carbonyl (C=O) groups is 3. The number of methoxy groups -OCH3 is 1. The first-order valence-corrected chi connectivity index (χ1v) is 13.3. The van der Waals surface area contributed by atoms with E-state index in [-0.39, 0.29) is 24.0 Å². The highest BCUT2D eigenvalue weighted by Crippen LogP contribution is 2.31. The molecule has 4 atom stereocenters. The molecule has 1 aliphatic heterocycles. The Morgan fingerprint density at radius 3 is 2.50 bits per heavy atom. The van der Waals surface area contributed by atoms with E-state index >= 15 is 0 Å². The number of hydrogen-bond donors (Lipinski definition) is 2. The van der Waals surface area contributed by atoms with E-state index in [1.54, 1.807) is 17.0 Å². The average Bonchev–Trinajstić information content (AvgIpc) is 3.35. The summed E-state index contributed by atoms with van der Waals surface area (Å²) in [5, 5.41) is 3.22. The van der Waals surface area contributed by atoms with Gasteiger partial charge in [-0.2, -0.15) is 0 Å². The molecule has 38 heavy (non-hydrogen) atoms. The van der Waals surface area contributed by atoms with E-state index in [1.807, 2.05) is 45.0 Å². The van der Waals surface area contributed by atoms with Crippen molar-refractivity contribution < 1.29 is 23.9 Å². The molecule has 1 aliphatic carbocycles. The second kappa shape index (κ2) is 11.7. The summed E-state index contributed by atoms with van der Waals surface area (Å²) >= 11 is 0. The fourth-order valence-electron chi connectivity index (χ4n) is 5.20. The second-order valence-electron chi connectivity index (χ2n) is 11.4. The lowest BCUT2D eigenvalue weighted by molar-refractivity contribution is -0.141. The topological polar surface area (TPSA) is 111 Å². The van der Waals surface area contributed by atoms with Crippen LogP contribution in [0.1, 0.15) is 73.1 Å². The number of hydrogen-bond acceptors (Lipinski definition) is 6. The summed E-state index contributed by atoms with van der Waals surface area (Å²) in [6.07, 6.45) is 2.95. The van der Waals surface area contributed by atoms with Gasteiger partial charge in [0.2, 0.25) is 11.8 Å². The number of benzene rings is 2. The molecular formula is C30H39N3O5. The minimum atomic E-state index is -0.738. The van der Waals surface area contributed by atoms with Crippen molar-refractivity contribution in [3.05, 3.63) is 70.8 Å². The van der Waals surface area contributed by atoms with Crippen molar-refractivity contribution in [1.82, 2.24) is 10.2 Å². The number of nitrogens with two attached hydrogens (primary N) is 1. The van der Waals surface area contributed by atoms with Crippen LogP contribution >= 0.6 is 0 Å². The Balaban J connectivity index is 1.47. The summed E-state index contributed by atoms with van der Waals surface area (Å²) in [5.41, 5.74) is 9.66. The van der Waals surface area contributed by atoms with Gasteiger partial charge in [-0.15, -0.1) is 0 Å². The van der Waals surface area contributed by atoms with Crippen molar-refractivity contribution in [2.75, 3.05) is 13.7 Å². The highest BCUT2D eigenvalue weighted by molar-refractivity contribution is 5.91. The van der Waals surface area contributed by atoms with Crippen molar-refractivity contribution in [3.8, 4) is 0 Å². The molecule has 2 aliphatic rings. The number of aryl methyl sites for hydroxylation is 1. The van der Waals surface area contributed by atoms with Crippen molar-refractivity contribution >= 4 is 17.8 Å². The number of amides is 2. The molecule has 4 rings (SSSR count). The van der Waals surface area contributed by atoms with Gasteiger partial charge in [0.25, 0.3) is 0 Å². The van der Waals surface area contributed by atoms with Crippen LogP contribution in [0.5, 0.6) is 0 Å². The summed E-state index contributed by atoms with van der Waals surface area (Å²) in [5.74, 6) is -0.808. The molecule has 2 aromatic rings. The summed E-state index contributed by atoms with van der Waals surface area (Å²) in [6.45, 7) is 6.36. The first-order chi connectivity index (χ1) is 18.1. The maximum atomic E-state index is 13.6. The summed E-state index contributed by atoms with van der Waals surface area (Å²) in [6, 6.07) is 13.7. The van der Waals surface area contributed by atoms with Crippen LogP contribution in [0.2, 0.25) is 0 Å². The van der Waals surface area contributed by atoms with Crippen LogP contribution in [0.25, 0.3) is 0 Å². The lowest BCUT2D eigenvalue weighted by Gasteiger charge is -2.33. The number of fused-ring (bicyclic) bond motifs is 1. The normalized spacial score (nSPS) is 21.9. The molecular weight excluding hydrogens is 482 g/mol. The van der Waals surface area contributed by atoms with E-state index in [0.29, 0.717) is 25.1 Å². The first-order valence-electron chi connectivity index (χ1n) is 13.3. The quantitative estimate of drug-likeness (QED) is 0.540. The largest absolute Gasteiger partial charge is 0.465 e. The van der Waals surface area contributed by atoms with Crippen molar-refractivity contribution in [1.29, 1.82) is 0 Å². The molecule has 0 saturated carbocycles. The molecule has 0 aromatic heterocycles. The number of likely N-dealkylation sites (tertiary alicyclic amines) is 1. The highest BCUT2D eigenvalue weighted by Gasteiger charge is 2.44. The molecule has 0 bridgehead atoms. The van der Waals surface area contributed by atoms with Gasteiger partial charge in [-0.3, -0.25) is 9.59 Å². The number of carbonyl (C=O) groups excluding carboxylic acids is 3. The zero-order chi connectivity index (χ0) is 27.4. The zero-order valence-corrected chi connectivity index (χ0v) is 22.7. The van der Waals surface area contributed by atoms with Gasteiger partial charge in [-0.25, -0.2) is 4.79 Å². The summed E-state index contributed by atoms with van der Waals surface area (Å²) in [4.78, 5) is 40.4. The van der Waals surface area contributed by atoms with E-state index in [2.05, 4.69) is 17.4 Å². The SMILES string of the molecule is COC(=O)c1ccc(COC2C[C@@H](C(=O)N[C@@H]3CCCc4ccccc43)N(C(=O)C(N)C(C)(C)C)C2)cc1. The predicted molar refractivity (Wildman–Crippen MR) is 144 cm³/mol. The maximum Gasteiger partial charge on any atom is 0.337 e. The van der Waals surface area contributed by atoms with Gasteiger partial charge in [0.05, 0.1) is 37.5 Å². The summed E-state index contributed by atoms with van der Waals surface area (Å²) in [7, 11) is 1.34. The number of nitrogens with one attached hydrogen (secondary N) is 1. The Bertz CT molecular complexity index is 1160. The highest BCUT2D eigenvalue weighted by atomic mass is 16.5. The number of nitrogens with zero attached hydrogens (tertiary/aromatic N) is 1. The molecule has 2 amide bonds. The molecule has 3 N–H and O–H groups in total. The van der Waals surface area contributed by atoms with Crippen LogP contribution in [-0.4, -0.2) is 54.5 Å². The van der Waals surface area contributed by atoms with Crippen LogP contribution < -0.4 is 11.1 Å². The monoisotopic (exact) mass is 521 g/mol. The Morgan fingerprint density at radius 2 is 1.82 bits per heavy atom. The Labute approximate surface area is 224 Å². The van der Waals surface area contributed by atoms with Crippen LogP contribution in [0, 0.1) is 5.41 Å². The molecule has 0 spiro atoms. The Hall–Kier alpha value is -3.23. The van der Waals surface area contributed by atoms with E-state index in [0.717, 1.165) is 30.4 Å². The van der Waals surface area contributed by atoms with E-state index < -0.39 is 23.5 Å². The van der Waals surface area contributed by atoms with Gasteiger partial charge in [-0.05, 0) is 53.5 Å². The number of ether oxygens (including phenoxy) is 2. The van der Waals surface area contributed by atoms with Crippen LogP contribution in [0.15, 0.2) is 48.5 Å². The molecule has 8 nitrogen and oxygen atoms in total. The third-order valence-corrected chi connectivity index (χ3v) is 7.59. The third kappa shape index (κ3) is 6.25. The molecule has 2 unspecified atom stereocenters. The van der Waals surface area contributed by atoms with E-state index in [1.165, 1.54) is 12.7 Å². The van der Waals surface area contributed by atoms with Crippen molar-refractivity contribution in [2.45, 2.75) is 77.3 Å². The van der Waals surface area contributed by atoms with Crippen LogP contribution in [-0.2, 0) is 32.1 Å². The lowest BCUT2D eigenvalue weighted by Crippen LogP contribution is -2.55.